The maximum Gasteiger partial charge on any atom is 0.261 e. The molecule has 0 saturated heterocycles. The van der Waals surface area contributed by atoms with E-state index in [4.69, 9.17) is 0 Å². The maximum absolute atomic E-state index is 13.7. The van der Waals surface area contributed by atoms with Crippen molar-refractivity contribution in [2.24, 2.45) is 0 Å². The van der Waals surface area contributed by atoms with E-state index in [0.29, 0.717) is 15.7 Å². The van der Waals surface area contributed by atoms with Gasteiger partial charge in [0.05, 0.1) is 23.9 Å². The van der Waals surface area contributed by atoms with Crippen LogP contribution in [-0.2, 0) is 6.54 Å². The molecule has 2 aromatic rings. The molecule has 0 spiro atoms. The van der Waals surface area contributed by atoms with Gasteiger partial charge in [0.1, 0.15) is 10.4 Å². The third-order valence-electron chi connectivity index (χ3n) is 3.11. The molecular weight excluding hydrogens is 327 g/mol. The molecule has 0 saturated carbocycles. The van der Waals surface area contributed by atoms with Crippen molar-refractivity contribution in [1.82, 2.24) is 9.88 Å². The van der Waals surface area contributed by atoms with Crippen molar-refractivity contribution in [3.8, 4) is 0 Å². The third kappa shape index (κ3) is 2.02. The second kappa shape index (κ2) is 4.79. The van der Waals surface area contributed by atoms with Gasteiger partial charge in [-0.05, 0) is 34.1 Å². The van der Waals surface area contributed by atoms with Crippen molar-refractivity contribution in [3.63, 3.8) is 0 Å². The lowest BCUT2D eigenvalue weighted by atomic mass is 10.1. The fourth-order valence-electron chi connectivity index (χ4n) is 2.13. The summed E-state index contributed by atoms with van der Waals surface area (Å²) in [7, 11) is 0. The first-order valence-corrected chi connectivity index (χ1v) is 6.62. The van der Waals surface area contributed by atoms with Crippen molar-refractivity contribution in [2.75, 3.05) is 0 Å². The van der Waals surface area contributed by atoms with Gasteiger partial charge in [-0.3, -0.25) is 14.5 Å². The fraction of sp³-hybridized carbons (Fsp3) is 0.0714. The number of carbonyl (C=O) groups is 2. The summed E-state index contributed by atoms with van der Waals surface area (Å²) in [5.74, 6) is -1.36. The molecule has 1 aromatic heterocycles. The Morgan fingerprint density at radius 1 is 1.15 bits per heavy atom. The van der Waals surface area contributed by atoms with E-state index in [1.807, 2.05) is 0 Å². The Morgan fingerprint density at radius 3 is 2.35 bits per heavy atom. The Balaban J connectivity index is 1.96. The molecule has 0 N–H and O–H groups in total. The van der Waals surface area contributed by atoms with Gasteiger partial charge in [-0.1, -0.05) is 12.1 Å². The maximum atomic E-state index is 13.7. The lowest BCUT2D eigenvalue weighted by molar-refractivity contribution is 0.0641. The Morgan fingerprint density at radius 2 is 1.75 bits per heavy atom. The minimum Gasteiger partial charge on any atom is -0.270 e. The Kier molecular flexibility index (Phi) is 3.10. The number of pyridine rings is 1. The summed E-state index contributed by atoms with van der Waals surface area (Å²) in [5.41, 5.74) is 0.943. The van der Waals surface area contributed by atoms with Crippen LogP contribution in [0, 0.1) is 5.82 Å². The molecule has 1 aromatic carbocycles. The van der Waals surface area contributed by atoms with Crippen molar-refractivity contribution < 1.29 is 14.0 Å². The van der Waals surface area contributed by atoms with Crippen LogP contribution >= 0.6 is 15.9 Å². The predicted molar refractivity (Wildman–Crippen MR) is 72.5 cm³/mol. The van der Waals surface area contributed by atoms with Gasteiger partial charge < -0.3 is 0 Å². The summed E-state index contributed by atoms with van der Waals surface area (Å²) >= 11 is 3.14. The van der Waals surface area contributed by atoms with Gasteiger partial charge in [0.15, 0.2) is 0 Å². The molecule has 0 unspecified atom stereocenters. The number of hydrogen-bond acceptors (Lipinski definition) is 3. The number of amides is 2. The first-order chi connectivity index (χ1) is 9.58. The summed E-state index contributed by atoms with van der Waals surface area (Å²) in [4.78, 5) is 29.1. The van der Waals surface area contributed by atoms with Crippen molar-refractivity contribution >= 4 is 27.7 Å². The minimum atomic E-state index is -0.551. The number of benzene rings is 1. The molecule has 0 fully saturated rings. The lowest BCUT2D eigenvalue weighted by Gasteiger charge is -2.14. The number of rotatable bonds is 2. The molecule has 0 radical (unpaired) electrons. The number of nitrogens with zero attached hydrogens (tertiary/aromatic N) is 2. The zero-order valence-electron chi connectivity index (χ0n) is 10.1. The van der Waals surface area contributed by atoms with Crippen molar-refractivity contribution in [1.29, 1.82) is 0 Å². The van der Waals surface area contributed by atoms with Gasteiger partial charge in [-0.25, -0.2) is 9.37 Å². The van der Waals surface area contributed by atoms with E-state index in [2.05, 4.69) is 20.9 Å². The number of hydrogen-bond donors (Lipinski definition) is 0. The standard InChI is InChI=1S/C14H8BrFN2O2/c15-12-5-8(11(16)6-17-12)7-18-13(19)9-3-1-2-4-10(9)14(18)20/h1-6H,7H2. The van der Waals surface area contributed by atoms with Gasteiger partial charge in [0.2, 0.25) is 0 Å². The second-order valence-corrected chi connectivity index (χ2v) is 5.15. The van der Waals surface area contributed by atoms with Crippen molar-refractivity contribution in [2.45, 2.75) is 6.54 Å². The second-order valence-electron chi connectivity index (χ2n) is 4.34. The van der Waals surface area contributed by atoms with Gasteiger partial charge >= 0.3 is 0 Å². The first-order valence-electron chi connectivity index (χ1n) is 5.83. The smallest absolute Gasteiger partial charge is 0.261 e. The van der Waals surface area contributed by atoms with Crippen LogP contribution in [0.5, 0.6) is 0 Å². The molecule has 4 nitrogen and oxygen atoms in total. The molecule has 1 aliphatic heterocycles. The third-order valence-corrected chi connectivity index (χ3v) is 3.54. The molecule has 0 bridgehead atoms. The zero-order valence-corrected chi connectivity index (χ0v) is 11.7. The van der Waals surface area contributed by atoms with E-state index >= 15 is 0 Å². The average molecular weight is 335 g/mol. The summed E-state index contributed by atoms with van der Waals surface area (Å²) in [6, 6.07) is 8.02. The number of fused-ring (bicyclic) bond motifs is 1. The van der Waals surface area contributed by atoms with E-state index in [9.17, 15) is 14.0 Å². The highest BCUT2D eigenvalue weighted by atomic mass is 79.9. The van der Waals surface area contributed by atoms with E-state index in [0.717, 1.165) is 11.1 Å². The Hall–Kier alpha value is -2.08. The monoisotopic (exact) mass is 334 g/mol. The van der Waals surface area contributed by atoms with Gasteiger partial charge in [0, 0.05) is 5.56 Å². The van der Waals surface area contributed by atoms with Gasteiger partial charge in [-0.15, -0.1) is 0 Å². The predicted octanol–water partition coefficient (Wildman–Crippen LogP) is 2.78. The Bertz CT molecular complexity index is 698. The fourth-order valence-corrected chi connectivity index (χ4v) is 2.50. The van der Waals surface area contributed by atoms with Crippen LogP contribution in [0.3, 0.4) is 0 Å². The van der Waals surface area contributed by atoms with E-state index in [1.165, 1.54) is 6.07 Å². The highest BCUT2D eigenvalue weighted by molar-refractivity contribution is 9.10. The number of halogens is 2. The van der Waals surface area contributed by atoms with E-state index in [1.54, 1.807) is 24.3 Å². The highest BCUT2D eigenvalue weighted by Crippen LogP contribution is 2.25. The first kappa shape index (κ1) is 12.9. The number of aromatic nitrogens is 1. The van der Waals surface area contributed by atoms with Crippen LogP contribution in [-0.4, -0.2) is 21.7 Å². The quantitative estimate of drug-likeness (QED) is 0.626. The van der Waals surface area contributed by atoms with Crippen LogP contribution < -0.4 is 0 Å². The van der Waals surface area contributed by atoms with Gasteiger partial charge in [-0.2, -0.15) is 0 Å². The molecule has 100 valence electrons. The summed E-state index contributed by atoms with van der Waals surface area (Å²) in [6.45, 7) is -0.112. The largest absolute Gasteiger partial charge is 0.270 e. The SMILES string of the molecule is O=C1c2ccccc2C(=O)N1Cc1cc(Br)ncc1F. The molecule has 6 heteroatoms. The van der Waals surface area contributed by atoms with Gasteiger partial charge in [0.25, 0.3) is 11.8 Å². The minimum absolute atomic E-state index is 0.112. The van der Waals surface area contributed by atoms with Crippen molar-refractivity contribution in [3.05, 3.63) is 63.6 Å². The van der Waals surface area contributed by atoms with Crippen LogP contribution in [0.1, 0.15) is 26.3 Å². The number of carbonyl (C=O) groups excluding carboxylic acids is 2. The molecular formula is C14H8BrFN2O2. The van der Waals surface area contributed by atoms with E-state index < -0.39 is 17.6 Å². The molecule has 0 atom stereocenters. The Labute approximate surface area is 122 Å². The molecule has 1 aliphatic rings. The molecule has 2 heterocycles. The summed E-state index contributed by atoms with van der Waals surface area (Å²) < 4.78 is 14.1. The van der Waals surface area contributed by atoms with Crippen LogP contribution in [0.2, 0.25) is 0 Å². The van der Waals surface area contributed by atoms with Crippen LogP contribution in [0.4, 0.5) is 4.39 Å². The average Bonchev–Trinajstić information content (AvgIpc) is 2.68. The van der Waals surface area contributed by atoms with Crippen LogP contribution in [0.15, 0.2) is 41.1 Å². The molecule has 3 rings (SSSR count). The summed E-state index contributed by atoms with van der Waals surface area (Å²) in [6.07, 6.45) is 1.05. The summed E-state index contributed by atoms with van der Waals surface area (Å²) in [5, 5.41) is 0. The van der Waals surface area contributed by atoms with Crippen LogP contribution in [0.25, 0.3) is 0 Å². The molecule has 2 amide bonds. The molecule has 0 aliphatic carbocycles. The molecule has 20 heavy (non-hydrogen) atoms. The lowest BCUT2D eigenvalue weighted by Crippen LogP contribution is -2.29. The number of imide groups is 1. The normalized spacial score (nSPS) is 13.8. The zero-order chi connectivity index (χ0) is 14.3. The van der Waals surface area contributed by atoms with E-state index in [-0.39, 0.29) is 12.1 Å². The topological polar surface area (TPSA) is 50.3 Å². The highest BCUT2D eigenvalue weighted by Gasteiger charge is 2.35.